The van der Waals surface area contributed by atoms with Crippen molar-refractivity contribution >= 4 is 12.2 Å². The van der Waals surface area contributed by atoms with Crippen molar-refractivity contribution in [1.82, 2.24) is 5.32 Å². The van der Waals surface area contributed by atoms with Crippen LogP contribution in [-0.2, 0) is 4.79 Å². The van der Waals surface area contributed by atoms with Crippen molar-refractivity contribution in [2.24, 2.45) is 0 Å². The number of ether oxygens (including phenoxy) is 1. The average Bonchev–Trinajstić information content (AvgIpc) is 2.53. The van der Waals surface area contributed by atoms with Gasteiger partial charge in [0.15, 0.2) is 6.61 Å². The fourth-order valence-corrected chi connectivity index (χ4v) is 2.01. The first-order valence-corrected chi connectivity index (χ1v) is 6.92. The highest BCUT2D eigenvalue weighted by atomic mass is 19.1. The number of benzene rings is 2. The molecule has 23 heavy (non-hydrogen) atoms. The summed E-state index contributed by atoms with van der Waals surface area (Å²) in [7, 11) is 0. The van der Waals surface area contributed by atoms with E-state index in [1.807, 2.05) is 0 Å². The van der Waals surface area contributed by atoms with Gasteiger partial charge in [0.2, 0.25) is 0 Å². The largest absolute Gasteiger partial charge is 0.484 e. The topological polar surface area (TPSA) is 55.4 Å². The quantitative estimate of drug-likeness (QED) is 0.833. The highest BCUT2D eigenvalue weighted by molar-refractivity contribution is 5.78. The van der Waals surface area contributed by atoms with Gasteiger partial charge in [-0.2, -0.15) is 0 Å². The van der Waals surface area contributed by atoms with Crippen molar-refractivity contribution in [3.05, 3.63) is 65.2 Å². The molecule has 0 spiro atoms. The lowest BCUT2D eigenvalue weighted by molar-refractivity contribution is -0.123. The van der Waals surface area contributed by atoms with E-state index in [4.69, 9.17) is 4.74 Å². The third-order valence-corrected chi connectivity index (χ3v) is 3.19. The fraction of sp³-hybridized carbons (Fsp3) is 0.176. The Labute approximate surface area is 132 Å². The van der Waals surface area contributed by atoms with Crippen molar-refractivity contribution in [2.75, 3.05) is 6.61 Å². The standard InChI is InChI=1S/C17H15F2NO3/c1-11(15-7-4-13(18)8-16(15)19)20-17(22)10-23-14-5-2-12(9-21)3-6-14/h2-9,11H,10H2,1H3,(H,20,22). The number of amides is 1. The van der Waals surface area contributed by atoms with E-state index in [1.165, 1.54) is 6.07 Å². The van der Waals surface area contributed by atoms with E-state index in [2.05, 4.69) is 5.32 Å². The number of hydrogen-bond acceptors (Lipinski definition) is 3. The number of halogens is 2. The Kier molecular flexibility index (Phi) is 5.41. The Bertz CT molecular complexity index is 701. The first kappa shape index (κ1) is 16.6. The van der Waals surface area contributed by atoms with Crippen LogP contribution in [0.3, 0.4) is 0 Å². The van der Waals surface area contributed by atoms with E-state index in [0.717, 1.165) is 12.1 Å². The highest BCUT2D eigenvalue weighted by Crippen LogP contribution is 2.17. The predicted octanol–water partition coefficient (Wildman–Crippen LogP) is 3.03. The summed E-state index contributed by atoms with van der Waals surface area (Å²) in [6.45, 7) is 1.33. The van der Waals surface area contributed by atoms with Crippen molar-refractivity contribution in [2.45, 2.75) is 13.0 Å². The number of carbonyl (C=O) groups excluding carboxylic acids is 2. The predicted molar refractivity (Wildman–Crippen MR) is 80.2 cm³/mol. The number of nitrogens with one attached hydrogen (secondary N) is 1. The molecule has 0 saturated heterocycles. The molecule has 0 aliphatic rings. The Morgan fingerprint density at radius 3 is 2.52 bits per heavy atom. The second-order valence-electron chi connectivity index (χ2n) is 4.93. The van der Waals surface area contributed by atoms with E-state index >= 15 is 0 Å². The monoisotopic (exact) mass is 319 g/mol. The summed E-state index contributed by atoms with van der Waals surface area (Å²) in [5, 5.41) is 2.57. The van der Waals surface area contributed by atoms with Crippen LogP contribution in [0.1, 0.15) is 28.9 Å². The molecule has 2 aromatic carbocycles. The lowest BCUT2D eigenvalue weighted by Crippen LogP contribution is -2.31. The molecule has 2 rings (SSSR count). The lowest BCUT2D eigenvalue weighted by Gasteiger charge is -2.15. The van der Waals surface area contributed by atoms with E-state index in [-0.39, 0.29) is 12.2 Å². The Hall–Kier alpha value is -2.76. The van der Waals surface area contributed by atoms with Gasteiger partial charge in [-0.05, 0) is 37.3 Å². The number of hydrogen-bond donors (Lipinski definition) is 1. The zero-order valence-corrected chi connectivity index (χ0v) is 12.4. The van der Waals surface area contributed by atoms with Crippen LogP contribution >= 0.6 is 0 Å². The van der Waals surface area contributed by atoms with Crippen molar-refractivity contribution in [1.29, 1.82) is 0 Å². The van der Waals surface area contributed by atoms with E-state index in [9.17, 15) is 18.4 Å². The molecule has 0 fully saturated rings. The van der Waals surface area contributed by atoms with Gasteiger partial charge in [0.25, 0.3) is 5.91 Å². The Morgan fingerprint density at radius 1 is 1.22 bits per heavy atom. The fourth-order valence-electron chi connectivity index (χ4n) is 2.01. The van der Waals surface area contributed by atoms with E-state index in [0.29, 0.717) is 17.6 Å². The van der Waals surface area contributed by atoms with Gasteiger partial charge in [0.05, 0.1) is 6.04 Å². The first-order valence-electron chi connectivity index (χ1n) is 6.92. The van der Waals surface area contributed by atoms with Crippen molar-refractivity contribution in [3.63, 3.8) is 0 Å². The Balaban J connectivity index is 1.89. The van der Waals surface area contributed by atoms with Crippen molar-refractivity contribution in [3.8, 4) is 5.75 Å². The minimum atomic E-state index is -0.719. The van der Waals surface area contributed by atoms with Crippen LogP contribution < -0.4 is 10.1 Å². The summed E-state index contributed by atoms with van der Waals surface area (Å²) in [5.74, 6) is -1.40. The summed E-state index contributed by atoms with van der Waals surface area (Å²) in [6, 6.07) is 8.83. The summed E-state index contributed by atoms with van der Waals surface area (Å²) < 4.78 is 31.8. The molecule has 1 atom stereocenters. The molecule has 0 heterocycles. The smallest absolute Gasteiger partial charge is 0.258 e. The second kappa shape index (κ2) is 7.49. The first-order chi connectivity index (χ1) is 11.0. The maximum atomic E-state index is 13.6. The van der Waals surface area contributed by atoms with Gasteiger partial charge in [-0.3, -0.25) is 9.59 Å². The third-order valence-electron chi connectivity index (χ3n) is 3.19. The molecular weight excluding hydrogens is 304 g/mol. The minimum absolute atomic E-state index is 0.190. The van der Waals surface area contributed by atoms with Gasteiger partial charge in [0.1, 0.15) is 23.7 Å². The molecule has 6 heteroatoms. The Morgan fingerprint density at radius 2 is 1.91 bits per heavy atom. The maximum Gasteiger partial charge on any atom is 0.258 e. The average molecular weight is 319 g/mol. The van der Waals surface area contributed by atoms with Gasteiger partial charge in [-0.25, -0.2) is 8.78 Å². The molecule has 1 amide bonds. The molecular formula is C17H15F2NO3. The van der Waals surface area contributed by atoms with Crippen LogP contribution in [0.4, 0.5) is 8.78 Å². The van der Waals surface area contributed by atoms with Crippen LogP contribution in [-0.4, -0.2) is 18.8 Å². The lowest BCUT2D eigenvalue weighted by atomic mass is 10.1. The minimum Gasteiger partial charge on any atom is -0.484 e. The molecule has 120 valence electrons. The summed E-state index contributed by atoms with van der Waals surface area (Å²) >= 11 is 0. The van der Waals surface area contributed by atoms with Crippen LogP contribution in [0, 0.1) is 11.6 Å². The maximum absolute atomic E-state index is 13.6. The molecule has 0 aliphatic carbocycles. The molecule has 1 N–H and O–H groups in total. The third kappa shape index (κ3) is 4.60. The van der Waals surface area contributed by atoms with Gasteiger partial charge >= 0.3 is 0 Å². The van der Waals surface area contributed by atoms with Gasteiger partial charge < -0.3 is 10.1 Å². The van der Waals surface area contributed by atoms with E-state index in [1.54, 1.807) is 31.2 Å². The molecule has 0 aromatic heterocycles. The molecule has 0 radical (unpaired) electrons. The van der Waals surface area contributed by atoms with Crippen LogP contribution in [0.5, 0.6) is 5.75 Å². The highest BCUT2D eigenvalue weighted by Gasteiger charge is 2.14. The number of rotatable bonds is 6. The molecule has 1 unspecified atom stereocenters. The van der Waals surface area contributed by atoms with Crippen LogP contribution in [0.2, 0.25) is 0 Å². The molecule has 2 aromatic rings. The number of aldehydes is 1. The van der Waals surface area contributed by atoms with Gasteiger partial charge in [-0.1, -0.05) is 6.07 Å². The summed E-state index contributed by atoms with van der Waals surface area (Å²) in [6.07, 6.45) is 0.704. The number of carbonyl (C=O) groups is 2. The molecule has 4 nitrogen and oxygen atoms in total. The van der Waals surface area contributed by atoms with E-state index < -0.39 is 23.6 Å². The zero-order valence-electron chi connectivity index (χ0n) is 12.4. The second-order valence-corrected chi connectivity index (χ2v) is 4.93. The van der Waals surface area contributed by atoms with Crippen LogP contribution in [0.25, 0.3) is 0 Å². The van der Waals surface area contributed by atoms with Crippen molar-refractivity contribution < 1.29 is 23.1 Å². The molecule has 0 aliphatic heterocycles. The SMILES string of the molecule is CC(NC(=O)COc1ccc(C=O)cc1)c1ccc(F)cc1F. The summed E-state index contributed by atoms with van der Waals surface area (Å²) in [4.78, 5) is 22.3. The van der Waals surface area contributed by atoms with Gasteiger partial charge in [-0.15, -0.1) is 0 Å². The zero-order chi connectivity index (χ0) is 16.8. The molecule has 0 bridgehead atoms. The van der Waals surface area contributed by atoms with Gasteiger partial charge in [0, 0.05) is 17.2 Å². The molecule has 0 saturated carbocycles. The normalized spacial score (nSPS) is 11.6. The summed E-state index contributed by atoms with van der Waals surface area (Å²) in [5.41, 5.74) is 0.692. The van der Waals surface area contributed by atoms with Crippen LogP contribution in [0.15, 0.2) is 42.5 Å².